The van der Waals surface area contributed by atoms with Gasteiger partial charge < -0.3 is 19.5 Å². The molecule has 7 heteroatoms. The lowest BCUT2D eigenvalue weighted by Gasteiger charge is -2.31. The van der Waals surface area contributed by atoms with Crippen LogP contribution in [0.5, 0.6) is 11.5 Å². The first kappa shape index (κ1) is 17.9. The summed E-state index contributed by atoms with van der Waals surface area (Å²) in [4.78, 5) is 11.9. The zero-order valence-corrected chi connectivity index (χ0v) is 14.4. The highest BCUT2D eigenvalue weighted by Crippen LogP contribution is 2.41. The fourth-order valence-electron chi connectivity index (χ4n) is 3.10. The lowest BCUT2D eigenvalue weighted by Crippen LogP contribution is -2.45. The number of para-hydroxylation sites is 1. The van der Waals surface area contributed by atoms with Gasteiger partial charge in [-0.2, -0.15) is 0 Å². The Bertz CT molecular complexity index is 648. The predicted molar refractivity (Wildman–Crippen MR) is 87.2 cm³/mol. The molecule has 0 aromatic heterocycles. The van der Waals surface area contributed by atoms with Gasteiger partial charge in [0.25, 0.3) is 11.8 Å². The minimum Gasteiger partial charge on any atom is -0.483 e. The van der Waals surface area contributed by atoms with Gasteiger partial charge in [-0.15, -0.1) is 0 Å². The molecule has 5 nitrogen and oxygen atoms in total. The smallest absolute Gasteiger partial charge is 0.257 e. The number of alkyl halides is 2. The largest absolute Gasteiger partial charge is 0.483 e. The average Bonchev–Trinajstić information content (AvgIpc) is 2.85. The van der Waals surface area contributed by atoms with Crippen LogP contribution < -0.4 is 14.8 Å². The van der Waals surface area contributed by atoms with Crippen LogP contribution in [0.1, 0.15) is 25.8 Å². The van der Waals surface area contributed by atoms with E-state index in [4.69, 9.17) is 14.2 Å². The maximum Gasteiger partial charge on any atom is 0.257 e. The molecular weight excluding hydrogens is 332 g/mol. The quantitative estimate of drug-likeness (QED) is 0.882. The van der Waals surface area contributed by atoms with E-state index in [9.17, 15) is 13.6 Å². The van der Waals surface area contributed by atoms with Crippen LogP contribution in [0.3, 0.4) is 0 Å². The van der Waals surface area contributed by atoms with Crippen LogP contribution in [0.15, 0.2) is 18.2 Å². The molecule has 1 unspecified atom stereocenters. The molecule has 2 heterocycles. The highest BCUT2D eigenvalue weighted by atomic mass is 19.3. The van der Waals surface area contributed by atoms with Gasteiger partial charge in [0, 0.05) is 24.9 Å². The Morgan fingerprint density at radius 1 is 1.40 bits per heavy atom. The molecule has 1 N–H and O–H groups in total. The van der Waals surface area contributed by atoms with Crippen molar-refractivity contribution in [1.82, 2.24) is 5.32 Å². The van der Waals surface area contributed by atoms with E-state index < -0.39 is 17.7 Å². The second-order valence-electron chi connectivity index (χ2n) is 7.16. The Balaban J connectivity index is 1.51. The third-order valence-electron chi connectivity index (χ3n) is 4.46. The Morgan fingerprint density at radius 2 is 2.20 bits per heavy atom. The fraction of sp³-hybridized carbons (Fsp3) is 0.611. The number of fused-ring (bicyclic) bond motifs is 1. The van der Waals surface area contributed by atoms with Crippen molar-refractivity contribution in [3.63, 3.8) is 0 Å². The second-order valence-corrected chi connectivity index (χ2v) is 7.16. The minimum atomic E-state index is -2.81. The number of carbonyl (C=O) groups is 1. The maximum atomic E-state index is 13.7. The van der Waals surface area contributed by atoms with E-state index in [1.165, 1.54) is 0 Å². The molecule has 1 amide bonds. The molecule has 0 spiro atoms. The van der Waals surface area contributed by atoms with E-state index in [2.05, 4.69) is 5.32 Å². The molecular formula is C18H23F2NO4. The summed E-state index contributed by atoms with van der Waals surface area (Å²) in [6, 6.07) is 5.54. The zero-order valence-electron chi connectivity index (χ0n) is 14.4. The second kappa shape index (κ2) is 6.78. The number of rotatable bonds is 5. The van der Waals surface area contributed by atoms with E-state index in [0.717, 1.165) is 12.0 Å². The van der Waals surface area contributed by atoms with Crippen LogP contribution in [0, 0.1) is 5.92 Å². The maximum absolute atomic E-state index is 13.7. The van der Waals surface area contributed by atoms with Crippen LogP contribution in [0.2, 0.25) is 0 Å². The van der Waals surface area contributed by atoms with E-state index in [1.807, 2.05) is 26.0 Å². The molecule has 1 aromatic rings. The molecule has 1 aromatic carbocycles. The first-order valence-corrected chi connectivity index (χ1v) is 8.43. The van der Waals surface area contributed by atoms with Gasteiger partial charge in [-0.3, -0.25) is 4.79 Å². The molecule has 2 aliphatic heterocycles. The van der Waals surface area contributed by atoms with E-state index >= 15 is 0 Å². The van der Waals surface area contributed by atoms with Crippen LogP contribution in [0.4, 0.5) is 8.78 Å². The number of halogens is 2. The van der Waals surface area contributed by atoms with Crippen molar-refractivity contribution >= 4 is 5.91 Å². The molecule has 25 heavy (non-hydrogen) atoms. The summed E-state index contributed by atoms with van der Waals surface area (Å²) in [5, 5.41) is 2.50. The van der Waals surface area contributed by atoms with E-state index in [1.54, 1.807) is 6.07 Å². The van der Waals surface area contributed by atoms with Crippen molar-refractivity contribution < 1.29 is 27.8 Å². The van der Waals surface area contributed by atoms with Gasteiger partial charge >= 0.3 is 0 Å². The SMILES string of the molecule is CC1(C)Cc2cccc(OCC(=O)NCC3COCCC3(F)F)c2O1. The average molecular weight is 355 g/mol. The van der Waals surface area contributed by atoms with Crippen molar-refractivity contribution in [3.05, 3.63) is 23.8 Å². The Labute approximate surface area is 145 Å². The van der Waals surface area contributed by atoms with Crippen LogP contribution in [0.25, 0.3) is 0 Å². The molecule has 3 rings (SSSR count). The predicted octanol–water partition coefficient (Wildman–Crippen LogP) is 2.57. The Hall–Kier alpha value is -1.89. The van der Waals surface area contributed by atoms with Gasteiger partial charge in [-0.05, 0) is 19.9 Å². The van der Waals surface area contributed by atoms with E-state index in [-0.39, 0.29) is 38.4 Å². The highest BCUT2D eigenvalue weighted by molar-refractivity contribution is 5.77. The molecule has 1 saturated heterocycles. The Kier molecular flexibility index (Phi) is 4.86. The van der Waals surface area contributed by atoms with E-state index in [0.29, 0.717) is 11.5 Å². The van der Waals surface area contributed by atoms with Gasteiger partial charge in [-0.1, -0.05) is 12.1 Å². The lowest BCUT2D eigenvalue weighted by atomic mass is 9.97. The van der Waals surface area contributed by atoms with Crippen LogP contribution >= 0.6 is 0 Å². The highest BCUT2D eigenvalue weighted by Gasteiger charge is 2.42. The van der Waals surface area contributed by atoms with Crippen molar-refractivity contribution in [1.29, 1.82) is 0 Å². The van der Waals surface area contributed by atoms with Gasteiger partial charge in [0.05, 0.1) is 19.1 Å². The molecule has 1 fully saturated rings. The number of hydrogen-bond acceptors (Lipinski definition) is 4. The third-order valence-corrected chi connectivity index (χ3v) is 4.46. The summed E-state index contributed by atoms with van der Waals surface area (Å²) in [5.41, 5.74) is 0.721. The third kappa shape index (κ3) is 4.21. The summed E-state index contributed by atoms with van der Waals surface area (Å²) in [6.45, 7) is 3.58. The fourth-order valence-corrected chi connectivity index (χ4v) is 3.10. The molecule has 0 saturated carbocycles. The first-order chi connectivity index (χ1) is 11.8. The number of benzene rings is 1. The number of nitrogens with one attached hydrogen (secondary N) is 1. The van der Waals surface area contributed by atoms with Crippen molar-refractivity contribution in [3.8, 4) is 11.5 Å². The van der Waals surface area contributed by atoms with Gasteiger partial charge in [0.2, 0.25) is 0 Å². The minimum absolute atomic E-state index is 0.0516. The van der Waals surface area contributed by atoms with Gasteiger partial charge in [0.1, 0.15) is 5.60 Å². The summed E-state index contributed by atoms with van der Waals surface area (Å²) in [5.74, 6) is -3.13. The Morgan fingerprint density at radius 3 is 2.96 bits per heavy atom. The zero-order chi connectivity index (χ0) is 18.1. The van der Waals surface area contributed by atoms with Crippen molar-refractivity contribution in [2.45, 2.75) is 38.2 Å². The number of amides is 1. The first-order valence-electron chi connectivity index (χ1n) is 8.43. The molecule has 138 valence electrons. The van der Waals surface area contributed by atoms with Crippen molar-refractivity contribution in [2.24, 2.45) is 5.92 Å². The van der Waals surface area contributed by atoms with Gasteiger partial charge in [-0.25, -0.2) is 8.78 Å². The molecule has 1 atom stereocenters. The standard InChI is InChI=1S/C18H23F2NO4/c1-17(2)8-12-4-3-5-14(16(12)25-17)24-11-15(22)21-9-13-10-23-7-6-18(13,19)20/h3-5,13H,6-11H2,1-2H3,(H,21,22). The van der Waals surface area contributed by atoms with Crippen LogP contribution in [-0.4, -0.2) is 43.8 Å². The summed E-state index contributed by atoms with van der Waals surface area (Å²) in [6.07, 6.45) is 0.454. The van der Waals surface area contributed by atoms with Crippen molar-refractivity contribution in [2.75, 3.05) is 26.4 Å². The lowest BCUT2D eigenvalue weighted by molar-refractivity contribution is -0.142. The summed E-state index contributed by atoms with van der Waals surface area (Å²) < 4.78 is 43.9. The normalized spacial score (nSPS) is 23.4. The molecule has 0 aliphatic carbocycles. The summed E-state index contributed by atoms with van der Waals surface area (Å²) >= 11 is 0. The number of hydrogen-bond donors (Lipinski definition) is 1. The molecule has 2 aliphatic rings. The number of ether oxygens (including phenoxy) is 3. The molecule has 0 radical (unpaired) electrons. The summed E-state index contributed by atoms with van der Waals surface area (Å²) in [7, 11) is 0. The topological polar surface area (TPSA) is 56.8 Å². The van der Waals surface area contributed by atoms with Crippen LogP contribution in [-0.2, 0) is 16.0 Å². The van der Waals surface area contributed by atoms with Gasteiger partial charge in [0.15, 0.2) is 18.1 Å². The number of carbonyl (C=O) groups excluding carboxylic acids is 1. The molecule has 0 bridgehead atoms. The monoisotopic (exact) mass is 355 g/mol.